The molecule has 0 bridgehead atoms. The second-order valence-electron chi connectivity index (χ2n) is 3.20. The minimum atomic E-state index is 0.0654. The lowest BCUT2D eigenvalue weighted by molar-refractivity contribution is -0.113. The van der Waals surface area contributed by atoms with Gasteiger partial charge in [-0.25, -0.2) is 0 Å². The number of benzene rings is 1. The van der Waals surface area contributed by atoms with E-state index in [9.17, 15) is 4.79 Å². The van der Waals surface area contributed by atoms with Gasteiger partial charge in [-0.15, -0.1) is 0 Å². The van der Waals surface area contributed by atoms with Crippen LogP contribution >= 0.6 is 15.9 Å². The molecule has 1 aromatic rings. The lowest BCUT2D eigenvalue weighted by Gasteiger charge is -2.16. The van der Waals surface area contributed by atoms with Gasteiger partial charge in [0.15, 0.2) is 5.78 Å². The molecule has 0 saturated heterocycles. The highest BCUT2D eigenvalue weighted by Crippen LogP contribution is 2.29. The molecule has 0 unspecified atom stereocenters. The van der Waals surface area contributed by atoms with Crippen LogP contribution in [0.4, 0.5) is 0 Å². The number of hydrogen-bond acceptors (Lipinski definition) is 2. The Balaban J connectivity index is 2.47. The van der Waals surface area contributed by atoms with E-state index in [-0.39, 0.29) is 5.78 Å². The van der Waals surface area contributed by atoms with Gasteiger partial charge < -0.3 is 4.74 Å². The van der Waals surface area contributed by atoms with Crippen LogP contribution in [0.25, 0.3) is 6.08 Å². The fourth-order valence-corrected chi connectivity index (χ4v) is 1.73. The summed E-state index contributed by atoms with van der Waals surface area (Å²) in [4.78, 5) is 11.1. The van der Waals surface area contributed by atoms with E-state index in [1.807, 2.05) is 24.3 Å². The summed E-state index contributed by atoms with van der Waals surface area (Å²) in [7, 11) is 0. The number of halogens is 1. The maximum Gasteiger partial charge on any atom is 0.159 e. The van der Waals surface area contributed by atoms with Crippen molar-refractivity contribution in [3.8, 4) is 5.75 Å². The fourth-order valence-electron chi connectivity index (χ4n) is 1.35. The van der Waals surface area contributed by atoms with Crippen LogP contribution in [-0.4, -0.2) is 12.4 Å². The molecule has 0 fully saturated rings. The monoisotopic (exact) mass is 252 g/mol. The van der Waals surface area contributed by atoms with Gasteiger partial charge >= 0.3 is 0 Å². The van der Waals surface area contributed by atoms with Crippen molar-refractivity contribution in [1.29, 1.82) is 0 Å². The first-order valence-electron chi connectivity index (χ1n) is 4.30. The van der Waals surface area contributed by atoms with Gasteiger partial charge in [0, 0.05) is 15.6 Å². The summed E-state index contributed by atoms with van der Waals surface area (Å²) in [5.41, 5.74) is 1.67. The van der Waals surface area contributed by atoms with Crippen LogP contribution in [0.2, 0.25) is 0 Å². The highest BCUT2D eigenvalue weighted by Gasteiger charge is 2.13. The highest BCUT2D eigenvalue weighted by molar-refractivity contribution is 9.10. The molecule has 0 amide bonds. The molecule has 0 N–H and O–H groups in total. The maximum absolute atomic E-state index is 11.1. The van der Waals surface area contributed by atoms with Crippen molar-refractivity contribution >= 4 is 27.8 Å². The van der Waals surface area contributed by atoms with Crippen LogP contribution in [0, 0.1) is 0 Å². The number of ether oxygens (including phenoxy) is 1. The zero-order chi connectivity index (χ0) is 10.1. The third-order valence-corrected chi connectivity index (χ3v) is 2.63. The molecular weight excluding hydrogens is 244 g/mol. The van der Waals surface area contributed by atoms with Crippen LogP contribution < -0.4 is 4.74 Å². The molecule has 1 aliphatic heterocycles. The van der Waals surface area contributed by atoms with Gasteiger partial charge in [-0.05, 0) is 31.2 Å². The van der Waals surface area contributed by atoms with Crippen molar-refractivity contribution < 1.29 is 9.53 Å². The average molecular weight is 253 g/mol. The molecule has 0 aromatic heterocycles. The molecule has 1 aliphatic rings. The standard InChI is InChI=1S/C11H9BrO2/c1-7(13)9-4-8-5-10(12)2-3-11(8)14-6-9/h2-5H,6H2,1H3. The Hall–Kier alpha value is -1.09. The van der Waals surface area contributed by atoms with Crippen LogP contribution in [0.3, 0.4) is 0 Å². The quantitative estimate of drug-likeness (QED) is 0.769. The lowest BCUT2D eigenvalue weighted by atomic mass is 10.1. The Bertz CT molecular complexity index is 421. The third kappa shape index (κ3) is 1.73. The molecule has 0 spiro atoms. The predicted molar refractivity (Wildman–Crippen MR) is 58.3 cm³/mol. The maximum atomic E-state index is 11.1. The van der Waals surface area contributed by atoms with E-state index in [0.717, 1.165) is 21.4 Å². The van der Waals surface area contributed by atoms with E-state index < -0.39 is 0 Å². The van der Waals surface area contributed by atoms with Crippen LogP contribution in [0.15, 0.2) is 28.2 Å². The molecule has 14 heavy (non-hydrogen) atoms. The van der Waals surface area contributed by atoms with E-state index in [4.69, 9.17) is 4.74 Å². The first kappa shape index (κ1) is 9.46. The molecule has 2 nitrogen and oxygen atoms in total. The van der Waals surface area contributed by atoms with Gasteiger partial charge in [-0.3, -0.25) is 4.79 Å². The molecule has 2 rings (SSSR count). The SMILES string of the molecule is CC(=O)C1=Cc2cc(Br)ccc2OC1. The minimum absolute atomic E-state index is 0.0654. The summed E-state index contributed by atoms with van der Waals surface area (Å²) in [6.07, 6.45) is 1.88. The number of carbonyl (C=O) groups excluding carboxylic acids is 1. The molecule has 72 valence electrons. The summed E-state index contributed by atoms with van der Waals surface area (Å²) in [6.45, 7) is 1.93. The summed E-state index contributed by atoms with van der Waals surface area (Å²) >= 11 is 3.38. The summed E-state index contributed by atoms with van der Waals surface area (Å²) in [5, 5.41) is 0. The number of hydrogen-bond donors (Lipinski definition) is 0. The van der Waals surface area contributed by atoms with E-state index >= 15 is 0 Å². The Kier molecular flexibility index (Phi) is 2.42. The number of carbonyl (C=O) groups is 1. The van der Waals surface area contributed by atoms with E-state index in [0.29, 0.717) is 6.61 Å². The smallest absolute Gasteiger partial charge is 0.159 e. The second kappa shape index (κ2) is 3.58. The fraction of sp³-hybridized carbons (Fsp3) is 0.182. The van der Waals surface area contributed by atoms with Crippen molar-refractivity contribution in [1.82, 2.24) is 0 Å². The first-order chi connectivity index (χ1) is 6.66. The van der Waals surface area contributed by atoms with Crippen molar-refractivity contribution in [3.63, 3.8) is 0 Å². The van der Waals surface area contributed by atoms with E-state index in [1.54, 1.807) is 6.92 Å². The van der Waals surface area contributed by atoms with Crippen LogP contribution in [0.1, 0.15) is 12.5 Å². The zero-order valence-corrected chi connectivity index (χ0v) is 9.30. The van der Waals surface area contributed by atoms with Gasteiger partial charge in [0.05, 0.1) is 0 Å². The molecule has 1 aromatic carbocycles. The molecule has 0 aliphatic carbocycles. The van der Waals surface area contributed by atoms with Crippen LogP contribution in [0.5, 0.6) is 5.75 Å². The van der Waals surface area contributed by atoms with Gasteiger partial charge in [0.2, 0.25) is 0 Å². The topological polar surface area (TPSA) is 26.3 Å². The Morgan fingerprint density at radius 3 is 3.00 bits per heavy atom. The van der Waals surface area contributed by atoms with Crippen LogP contribution in [-0.2, 0) is 4.79 Å². The number of rotatable bonds is 1. The van der Waals surface area contributed by atoms with Crippen molar-refractivity contribution in [2.24, 2.45) is 0 Å². The van der Waals surface area contributed by atoms with E-state index in [1.165, 1.54) is 0 Å². The molecule has 1 heterocycles. The molecule has 0 saturated carbocycles. The molecular formula is C11H9BrO2. The van der Waals surface area contributed by atoms with Gasteiger partial charge in [0.25, 0.3) is 0 Å². The summed E-state index contributed by atoms with van der Waals surface area (Å²) in [6, 6.07) is 5.76. The Morgan fingerprint density at radius 2 is 2.29 bits per heavy atom. The molecule has 0 atom stereocenters. The zero-order valence-electron chi connectivity index (χ0n) is 7.71. The van der Waals surface area contributed by atoms with E-state index in [2.05, 4.69) is 15.9 Å². The number of Topliss-reactive ketones (excluding diaryl/α,β-unsaturated/α-hetero) is 1. The van der Waals surface area contributed by atoms with Gasteiger partial charge in [-0.2, -0.15) is 0 Å². The Labute approximate surface area is 90.7 Å². The Morgan fingerprint density at radius 1 is 1.50 bits per heavy atom. The average Bonchev–Trinajstić information content (AvgIpc) is 2.16. The third-order valence-electron chi connectivity index (χ3n) is 2.14. The summed E-state index contributed by atoms with van der Waals surface area (Å²) < 4.78 is 6.43. The first-order valence-corrected chi connectivity index (χ1v) is 5.10. The summed E-state index contributed by atoms with van der Waals surface area (Å²) in [5.74, 6) is 0.897. The van der Waals surface area contributed by atoms with Gasteiger partial charge in [0.1, 0.15) is 12.4 Å². The largest absolute Gasteiger partial charge is 0.488 e. The second-order valence-corrected chi connectivity index (χ2v) is 4.11. The normalized spacial score (nSPS) is 14.0. The van der Waals surface area contributed by atoms with Gasteiger partial charge in [-0.1, -0.05) is 15.9 Å². The van der Waals surface area contributed by atoms with Crippen molar-refractivity contribution in [2.45, 2.75) is 6.92 Å². The molecule has 3 heteroatoms. The van der Waals surface area contributed by atoms with Crippen molar-refractivity contribution in [2.75, 3.05) is 6.61 Å². The highest BCUT2D eigenvalue weighted by atomic mass is 79.9. The number of fused-ring (bicyclic) bond motifs is 1. The van der Waals surface area contributed by atoms with Crippen molar-refractivity contribution in [3.05, 3.63) is 33.8 Å². The predicted octanol–water partition coefficient (Wildman–Crippen LogP) is 2.81. The lowest BCUT2D eigenvalue weighted by Crippen LogP contribution is -2.12. The minimum Gasteiger partial charge on any atom is -0.488 e. The molecule has 0 radical (unpaired) electrons. The number of ketones is 1.